The van der Waals surface area contributed by atoms with Crippen molar-refractivity contribution in [3.63, 3.8) is 0 Å². The van der Waals surface area contributed by atoms with Crippen LogP contribution in [0.5, 0.6) is 0 Å². The monoisotopic (exact) mass is 2070 g/mol. The molecule has 41 nitrogen and oxygen atoms in total. The maximum Gasteiger partial charge on any atom is 0.416 e. The molecule has 24 N–H and O–H groups in total. The number of carbonyl (C=O) groups is 18. The highest BCUT2D eigenvalue weighted by atomic mass is 32.2. The number of aliphatic carboxylic acids is 1. The number of carbonyl (C=O) groups excluding carboxylic acids is 17. The van der Waals surface area contributed by atoms with E-state index in [-0.39, 0.29) is 127 Å². The summed E-state index contributed by atoms with van der Waals surface area (Å²) in [5, 5.41) is 45.0. The lowest BCUT2D eigenvalue weighted by molar-refractivity contribution is -0.143. The van der Waals surface area contributed by atoms with Gasteiger partial charge in [-0.15, -0.1) is 11.8 Å². The number of nitrogens with two attached hydrogens (primary N) is 5. The molecule has 7 unspecified atom stereocenters. The van der Waals surface area contributed by atoms with Crippen molar-refractivity contribution < 1.29 is 109 Å². The third-order valence-electron chi connectivity index (χ3n) is 25.8. The van der Waals surface area contributed by atoms with Gasteiger partial charge >= 0.3 is 12.1 Å². The predicted molar refractivity (Wildman–Crippen MR) is 539 cm³/mol. The summed E-state index contributed by atoms with van der Waals surface area (Å²) in [5.41, 5.74) is 30.8. The molecule has 0 bridgehead atoms. The Morgan fingerprint density at radius 1 is 0.510 bits per heavy atom. The second kappa shape index (κ2) is 60.0. The standard InChI is InChI=1S/C102H142F3N21O20S/c1-59(2)47-75-93(137)114-73(38-41-108)92(136)119-77(49-63-21-12-8-13-22-63)98(142)124-87(60(3)4)100(144)115-71(28-17-39-106)90(134)123-82(83(127)53-69(37-40-107)88(110)132)57-147-58-85(129)112-81(56-126-43-45-146-46-44-126)99(143)121-79(52-66-24-18-42-111-55-66)96(140)122-80(54-86(130)131)97(141)120-78(51-65-23-16-27-70(48-65)102(103,104)105)94(138)113-72(34-31-62-19-10-7-11-20-62)91(135)118-76(50-64-29-32-68(33-30-64)67-25-14-9-15-26-67)95(139)116-74(35-36-84(109)128)101(145)125(6)61(5)89(133)117-75/h7,9-11,14-16,18-20,23-27,29-30,32-33,42,48,55,59-61,63,69,71-82,87H,8,12-13,17,21-22,28,31,34-41,43-47,49-54,56-58,106-108H2,1-6H3,(H2,109,128)(H2,110,132)(H,112,129)(H,113,138)(H,114,137)(H,115,144)(H,116,139)(H,117,133)(H,118,135)(H,119,136)(H,120,141)(H,121,143)(H,122,140)(H,123,134)(H,124,142)(H,130,131)/t61-,69+,71?,72-,73-,74?,75+,76-,77?,78?,79?,80-,81?,82-,87?/m0/s1. The Balaban J connectivity index is 1.24. The lowest BCUT2D eigenvalue weighted by atomic mass is 9.84. The van der Waals surface area contributed by atoms with Gasteiger partial charge in [-0.3, -0.25) is 96.2 Å². The Kier molecular flexibility index (Phi) is 48.6. The van der Waals surface area contributed by atoms with Crippen molar-refractivity contribution in [2.45, 2.75) is 254 Å². The van der Waals surface area contributed by atoms with Crippen LogP contribution in [0.1, 0.15) is 165 Å². The number of ketones is 1. The number of ether oxygens (including phenoxy) is 1. The molecule has 5 aromatic rings. The van der Waals surface area contributed by atoms with Crippen LogP contribution in [0, 0.1) is 23.7 Å². The summed E-state index contributed by atoms with van der Waals surface area (Å²) < 4.78 is 49.6. The van der Waals surface area contributed by atoms with Gasteiger partial charge in [0, 0.05) is 82.9 Å². The first-order chi connectivity index (χ1) is 70.0. The van der Waals surface area contributed by atoms with Crippen LogP contribution >= 0.6 is 11.8 Å². The first kappa shape index (κ1) is 119. The number of carboxylic acids is 1. The molecule has 3 fully saturated rings. The van der Waals surface area contributed by atoms with E-state index in [1.54, 1.807) is 87.2 Å². The number of halogens is 3. The zero-order valence-electron chi connectivity index (χ0n) is 83.8. The summed E-state index contributed by atoms with van der Waals surface area (Å²) in [6.45, 7) is 8.16. The highest BCUT2D eigenvalue weighted by molar-refractivity contribution is 8.00. The number of nitrogens with one attached hydrogen (secondary N) is 13. The summed E-state index contributed by atoms with van der Waals surface area (Å²) in [6, 6.07) is 7.43. The molecule has 1 aliphatic carbocycles. The lowest BCUT2D eigenvalue weighted by Crippen LogP contribution is -2.62. The molecule has 1 saturated carbocycles. The van der Waals surface area contributed by atoms with Gasteiger partial charge in [0.2, 0.25) is 94.5 Å². The van der Waals surface area contributed by atoms with E-state index in [0.29, 0.717) is 30.0 Å². The zero-order chi connectivity index (χ0) is 108. The van der Waals surface area contributed by atoms with Crippen LogP contribution in [-0.2, 0) is 123 Å². The van der Waals surface area contributed by atoms with Crippen molar-refractivity contribution >= 4 is 118 Å². The average Bonchev–Trinajstić information content (AvgIpc) is 0.824. The summed E-state index contributed by atoms with van der Waals surface area (Å²) >= 11 is 0.775. The van der Waals surface area contributed by atoms with E-state index < -0.39 is 271 Å². The third-order valence-corrected chi connectivity index (χ3v) is 26.8. The molecule has 147 heavy (non-hydrogen) atoms. The fourth-order valence-corrected chi connectivity index (χ4v) is 18.2. The summed E-state index contributed by atoms with van der Waals surface area (Å²) in [5.74, 6) is -22.3. The van der Waals surface area contributed by atoms with Gasteiger partial charge in [0.05, 0.1) is 37.0 Å². The maximum atomic E-state index is 15.7. The van der Waals surface area contributed by atoms with Gasteiger partial charge in [-0.05, 0) is 148 Å². The fraction of sp³-hybridized carbons (Fsp3) is 0.539. The van der Waals surface area contributed by atoms with E-state index in [1.165, 1.54) is 44.6 Å². The van der Waals surface area contributed by atoms with Crippen LogP contribution in [0.25, 0.3) is 11.1 Å². The molecule has 3 aliphatic rings. The number of aromatic nitrogens is 1. The van der Waals surface area contributed by atoms with Gasteiger partial charge in [-0.2, -0.15) is 13.2 Å². The number of amides is 16. The van der Waals surface area contributed by atoms with Crippen molar-refractivity contribution in [2.24, 2.45) is 52.3 Å². The largest absolute Gasteiger partial charge is 0.481 e. The van der Waals surface area contributed by atoms with Crippen LogP contribution in [0.4, 0.5) is 13.2 Å². The number of Topliss-reactive ketones (excluding diaryl/α,β-unsaturated/α-hetero) is 1. The first-order valence-corrected chi connectivity index (χ1v) is 50.9. The Bertz CT molecular complexity index is 5260. The van der Waals surface area contributed by atoms with Crippen LogP contribution in [0.2, 0.25) is 0 Å². The smallest absolute Gasteiger partial charge is 0.416 e. The molecular formula is C102H142F3N21O20S. The summed E-state index contributed by atoms with van der Waals surface area (Å²) in [4.78, 5) is 272. The summed E-state index contributed by atoms with van der Waals surface area (Å²) in [6.07, 6.45) is -3.90. The number of rotatable bonds is 33. The number of aryl methyl sites for hydroxylation is 1. The fourth-order valence-electron chi connectivity index (χ4n) is 17.4. The SMILES string of the molecule is CC(C)C[C@H]1NC(=O)[C@H](C)N(C)C(=O)C(CCC(N)=O)NC(=O)[C@H](Cc2ccc(-c3ccccc3)cc2)NC(=O)[C@H](CCc2ccccc2)NC(=O)C(Cc2cccc(C(F)(F)F)c2)NC(=O)[C@H](CC(=O)O)NC(=O)C(Cc2cccnc2)NC(=O)C(CN2CCOCC2)NC(=O)CSC[C@@H](C(=O)C[C@@H](CCN)C(N)=O)NC(=O)C(CCCN)NC(=O)C(C(C)C)NC(=O)C(CC2CCCCC2)NC(=O)[C@H](CCN)NC1=O. The van der Waals surface area contributed by atoms with Gasteiger partial charge in [0.25, 0.3) is 0 Å². The first-order valence-electron chi connectivity index (χ1n) is 49.8. The van der Waals surface area contributed by atoms with E-state index in [4.69, 9.17) is 33.4 Å². The number of alkyl halides is 3. The van der Waals surface area contributed by atoms with Gasteiger partial charge in [0.15, 0.2) is 5.78 Å². The van der Waals surface area contributed by atoms with Crippen molar-refractivity contribution in [3.8, 4) is 11.1 Å². The Morgan fingerprint density at radius 3 is 1.59 bits per heavy atom. The molecule has 2 saturated heterocycles. The molecule has 15 atom stereocenters. The number of pyridine rings is 1. The molecule has 45 heteroatoms. The number of hydrogen-bond acceptors (Lipinski definition) is 25. The third kappa shape index (κ3) is 39.7. The molecule has 3 heterocycles. The minimum absolute atomic E-state index is 0.0180. The molecule has 0 radical (unpaired) electrons. The molecular weight excluding hydrogens is 1930 g/mol. The second-order valence-electron chi connectivity index (χ2n) is 38.2. The second-order valence-corrected chi connectivity index (χ2v) is 39.2. The van der Waals surface area contributed by atoms with Gasteiger partial charge in [-0.1, -0.05) is 169 Å². The number of thioether (sulfide) groups is 1. The van der Waals surface area contributed by atoms with Crippen molar-refractivity contribution in [1.82, 2.24) is 83.9 Å². The van der Waals surface area contributed by atoms with Gasteiger partial charge in [0.1, 0.15) is 78.5 Å². The van der Waals surface area contributed by atoms with Crippen molar-refractivity contribution in [2.75, 3.05) is 71.0 Å². The van der Waals surface area contributed by atoms with Crippen LogP contribution in [-0.4, -0.2) is 282 Å². The zero-order valence-corrected chi connectivity index (χ0v) is 84.6. The Labute approximate surface area is 856 Å². The number of benzene rings is 4. The summed E-state index contributed by atoms with van der Waals surface area (Å²) in [7, 11) is 1.19. The van der Waals surface area contributed by atoms with E-state index in [0.717, 1.165) is 59.2 Å². The Hall–Kier alpha value is -13.4. The van der Waals surface area contributed by atoms with Crippen LogP contribution in [0.3, 0.4) is 0 Å². The van der Waals surface area contributed by atoms with Crippen molar-refractivity contribution in [3.05, 3.63) is 162 Å². The molecule has 16 amide bonds. The topological polar surface area (TPSA) is 643 Å². The molecule has 4 aromatic carbocycles. The number of hydrogen-bond donors (Lipinski definition) is 19. The van der Waals surface area contributed by atoms with Crippen molar-refractivity contribution in [1.29, 1.82) is 0 Å². The lowest BCUT2D eigenvalue weighted by Gasteiger charge is -2.32. The van der Waals surface area contributed by atoms with Crippen LogP contribution in [0.15, 0.2) is 134 Å². The number of carboxylic acid groups (broad SMARTS) is 1. The number of likely N-dealkylation sites (N-methyl/N-ethyl adjacent to an activating group) is 1. The van der Waals surface area contributed by atoms with Gasteiger partial charge < -0.3 is 113 Å². The quantitative estimate of drug-likeness (QED) is 0.0273. The minimum Gasteiger partial charge on any atom is -0.481 e. The normalized spacial score (nSPS) is 24.0. The van der Waals surface area contributed by atoms with E-state index in [2.05, 4.69) is 74.1 Å². The average molecular weight is 2070 g/mol. The number of nitrogens with zero attached hydrogens (tertiary/aromatic N) is 3. The highest BCUT2D eigenvalue weighted by Crippen LogP contribution is 2.32. The molecule has 2 aliphatic heterocycles. The predicted octanol–water partition coefficient (Wildman–Crippen LogP) is 0.566. The molecule has 0 spiro atoms. The van der Waals surface area contributed by atoms with E-state index in [1.807, 2.05) is 30.3 Å². The highest BCUT2D eigenvalue weighted by Gasteiger charge is 2.43. The molecule has 8 rings (SSSR count). The number of morpholine rings is 1. The molecule has 802 valence electrons. The maximum absolute atomic E-state index is 15.7. The Morgan fingerprint density at radius 2 is 1.02 bits per heavy atom. The molecule has 1 aromatic heterocycles. The number of primary amides is 2. The minimum atomic E-state index is -4.99. The van der Waals surface area contributed by atoms with E-state index >= 15 is 38.4 Å². The van der Waals surface area contributed by atoms with Crippen LogP contribution < -0.4 is 97.8 Å². The van der Waals surface area contributed by atoms with Gasteiger partial charge in [-0.25, -0.2) is 0 Å². The van der Waals surface area contributed by atoms with E-state index in [9.17, 15) is 66.2 Å².